The van der Waals surface area contributed by atoms with Crippen LogP contribution in [0.15, 0.2) is 52.3 Å². The van der Waals surface area contributed by atoms with Crippen LogP contribution in [0, 0.1) is 0 Å². The fourth-order valence-electron chi connectivity index (χ4n) is 2.76. The molecule has 1 amide bonds. The lowest BCUT2D eigenvalue weighted by atomic mass is 10.2. The highest BCUT2D eigenvalue weighted by molar-refractivity contribution is 7.89. The SMILES string of the molecule is O=C(NCCCn1ccnc1)c1cc2cc(S(=O)(=O)NC3CC3)ccc2o1. The Morgan fingerprint density at radius 2 is 2.15 bits per heavy atom. The minimum absolute atomic E-state index is 0.0405. The summed E-state index contributed by atoms with van der Waals surface area (Å²) in [5.74, 6) is -0.158. The van der Waals surface area contributed by atoms with Crippen molar-refractivity contribution in [1.29, 1.82) is 0 Å². The Labute approximate surface area is 156 Å². The van der Waals surface area contributed by atoms with Crippen molar-refractivity contribution in [2.24, 2.45) is 0 Å². The fraction of sp³-hybridized carbons (Fsp3) is 0.333. The summed E-state index contributed by atoms with van der Waals surface area (Å²) in [7, 11) is -3.54. The number of carbonyl (C=O) groups is 1. The average Bonchev–Trinajstić information content (AvgIpc) is 3.13. The van der Waals surface area contributed by atoms with Crippen molar-refractivity contribution in [3.8, 4) is 0 Å². The number of fused-ring (bicyclic) bond motifs is 1. The largest absolute Gasteiger partial charge is 0.451 e. The molecule has 0 unspecified atom stereocenters. The first-order valence-corrected chi connectivity index (χ1v) is 10.3. The summed E-state index contributed by atoms with van der Waals surface area (Å²) in [6, 6.07) is 6.20. The third-order valence-corrected chi connectivity index (χ3v) is 5.88. The predicted molar refractivity (Wildman–Crippen MR) is 98.7 cm³/mol. The summed E-state index contributed by atoms with van der Waals surface area (Å²) >= 11 is 0. The van der Waals surface area contributed by atoms with Crippen LogP contribution in [0.1, 0.15) is 29.8 Å². The van der Waals surface area contributed by atoms with Gasteiger partial charge >= 0.3 is 0 Å². The smallest absolute Gasteiger partial charge is 0.287 e. The lowest BCUT2D eigenvalue weighted by molar-refractivity contribution is 0.0927. The quantitative estimate of drug-likeness (QED) is 0.573. The maximum atomic E-state index is 12.3. The number of rotatable bonds is 8. The summed E-state index contributed by atoms with van der Waals surface area (Å²) in [5, 5.41) is 3.39. The summed E-state index contributed by atoms with van der Waals surface area (Å²) in [5.41, 5.74) is 0.476. The molecule has 2 aromatic heterocycles. The van der Waals surface area contributed by atoms with E-state index in [1.54, 1.807) is 24.7 Å². The van der Waals surface area contributed by atoms with E-state index in [-0.39, 0.29) is 22.6 Å². The molecule has 9 heteroatoms. The Morgan fingerprint density at radius 3 is 2.89 bits per heavy atom. The zero-order chi connectivity index (χ0) is 18.9. The molecule has 0 bridgehead atoms. The van der Waals surface area contributed by atoms with Crippen molar-refractivity contribution in [1.82, 2.24) is 19.6 Å². The molecular formula is C18H20N4O4S. The second-order valence-electron chi connectivity index (χ2n) is 6.62. The molecular weight excluding hydrogens is 368 g/mol. The van der Waals surface area contributed by atoms with Gasteiger partial charge in [-0.3, -0.25) is 4.79 Å². The standard InChI is InChI=1S/C18H20N4O4S/c23-18(20-6-1-8-22-9-7-19-12-22)17-11-13-10-15(4-5-16(13)26-17)27(24,25)21-14-2-3-14/h4-5,7,9-12,14,21H,1-3,6,8H2,(H,20,23). The van der Waals surface area contributed by atoms with Gasteiger partial charge in [0.05, 0.1) is 11.2 Å². The third kappa shape index (κ3) is 4.20. The Morgan fingerprint density at radius 1 is 1.30 bits per heavy atom. The van der Waals surface area contributed by atoms with Gasteiger partial charge in [0, 0.05) is 36.9 Å². The van der Waals surface area contributed by atoms with E-state index in [2.05, 4.69) is 15.0 Å². The van der Waals surface area contributed by atoms with E-state index in [9.17, 15) is 13.2 Å². The first-order valence-electron chi connectivity index (χ1n) is 8.81. The van der Waals surface area contributed by atoms with Crippen molar-refractivity contribution in [2.75, 3.05) is 6.54 Å². The first kappa shape index (κ1) is 17.7. The number of aryl methyl sites for hydroxylation is 1. The van der Waals surface area contributed by atoms with Crippen molar-refractivity contribution < 1.29 is 17.6 Å². The fourth-order valence-corrected chi connectivity index (χ4v) is 4.10. The highest BCUT2D eigenvalue weighted by Gasteiger charge is 2.28. The molecule has 1 aliphatic carbocycles. The molecule has 142 valence electrons. The predicted octanol–water partition coefficient (Wildman–Crippen LogP) is 1.89. The molecule has 1 aromatic carbocycles. The number of nitrogens with one attached hydrogen (secondary N) is 2. The summed E-state index contributed by atoms with van der Waals surface area (Å²) in [4.78, 5) is 16.4. The summed E-state index contributed by atoms with van der Waals surface area (Å²) < 4.78 is 34.8. The maximum absolute atomic E-state index is 12.3. The van der Waals surface area contributed by atoms with Gasteiger partial charge in [-0.05, 0) is 43.5 Å². The minimum Gasteiger partial charge on any atom is -0.451 e. The van der Waals surface area contributed by atoms with Gasteiger partial charge < -0.3 is 14.3 Å². The molecule has 1 aliphatic rings. The lowest BCUT2D eigenvalue weighted by Gasteiger charge is -2.04. The molecule has 0 radical (unpaired) electrons. The van der Waals surface area contributed by atoms with Gasteiger partial charge in [0.1, 0.15) is 5.58 Å². The molecule has 8 nitrogen and oxygen atoms in total. The lowest BCUT2D eigenvalue weighted by Crippen LogP contribution is -2.25. The summed E-state index contributed by atoms with van der Waals surface area (Å²) in [6.45, 7) is 1.26. The third-order valence-electron chi connectivity index (χ3n) is 4.36. The highest BCUT2D eigenvalue weighted by Crippen LogP contribution is 2.25. The van der Waals surface area contributed by atoms with E-state index in [1.807, 2.05) is 10.8 Å². The van der Waals surface area contributed by atoms with Crippen LogP contribution in [0.5, 0.6) is 0 Å². The maximum Gasteiger partial charge on any atom is 0.287 e. The van der Waals surface area contributed by atoms with Gasteiger partial charge in [-0.2, -0.15) is 0 Å². The molecule has 2 N–H and O–H groups in total. The number of aromatic nitrogens is 2. The Bertz CT molecular complexity index is 1050. The van der Waals surface area contributed by atoms with Crippen molar-refractivity contribution in [3.63, 3.8) is 0 Å². The van der Waals surface area contributed by atoms with Gasteiger partial charge in [0.2, 0.25) is 10.0 Å². The van der Waals surface area contributed by atoms with Crippen LogP contribution in [0.2, 0.25) is 0 Å². The van der Waals surface area contributed by atoms with E-state index >= 15 is 0 Å². The van der Waals surface area contributed by atoms with E-state index in [1.165, 1.54) is 12.1 Å². The summed E-state index contributed by atoms with van der Waals surface area (Å²) in [6.07, 6.45) is 7.81. The number of imidazole rings is 1. The first-order chi connectivity index (χ1) is 13.0. The van der Waals surface area contributed by atoms with E-state index in [4.69, 9.17) is 4.42 Å². The van der Waals surface area contributed by atoms with Crippen molar-refractivity contribution in [3.05, 3.63) is 48.7 Å². The van der Waals surface area contributed by atoms with Gasteiger partial charge in [-0.25, -0.2) is 18.1 Å². The minimum atomic E-state index is -3.54. The number of hydrogen-bond acceptors (Lipinski definition) is 5. The van der Waals surface area contributed by atoms with E-state index in [0.29, 0.717) is 17.5 Å². The van der Waals surface area contributed by atoms with Crippen LogP contribution in [-0.2, 0) is 16.6 Å². The zero-order valence-electron chi connectivity index (χ0n) is 14.6. The molecule has 1 saturated carbocycles. The number of amides is 1. The van der Waals surface area contributed by atoms with Crippen LogP contribution in [0.25, 0.3) is 11.0 Å². The number of furan rings is 1. The number of carbonyl (C=O) groups excluding carboxylic acids is 1. The molecule has 27 heavy (non-hydrogen) atoms. The topological polar surface area (TPSA) is 106 Å². The molecule has 0 spiro atoms. The highest BCUT2D eigenvalue weighted by atomic mass is 32.2. The van der Waals surface area contributed by atoms with E-state index in [0.717, 1.165) is 25.8 Å². The second kappa shape index (κ2) is 7.16. The van der Waals surface area contributed by atoms with Crippen molar-refractivity contribution in [2.45, 2.75) is 36.7 Å². The Hall–Kier alpha value is -2.65. The molecule has 4 rings (SSSR count). The molecule has 3 aromatic rings. The van der Waals surface area contributed by atoms with Crippen LogP contribution < -0.4 is 10.0 Å². The van der Waals surface area contributed by atoms with Crippen LogP contribution in [0.3, 0.4) is 0 Å². The van der Waals surface area contributed by atoms with Gasteiger partial charge in [-0.15, -0.1) is 0 Å². The number of benzene rings is 1. The Kier molecular flexibility index (Phi) is 4.71. The Balaban J connectivity index is 1.40. The van der Waals surface area contributed by atoms with Crippen LogP contribution in [0.4, 0.5) is 0 Å². The molecule has 2 heterocycles. The average molecular weight is 388 g/mol. The van der Waals surface area contributed by atoms with Crippen molar-refractivity contribution >= 4 is 26.9 Å². The monoisotopic (exact) mass is 388 g/mol. The van der Waals surface area contributed by atoms with Crippen LogP contribution >= 0.6 is 0 Å². The molecule has 0 atom stereocenters. The molecule has 0 saturated heterocycles. The van der Waals surface area contributed by atoms with Gasteiger partial charge in [-0.1, -0.05) is 0 Å². The zero-order valence-corrected chi connectivity index (χ0v) is 15.4. The van der Waals surface area contributed by atoms with E-state index < -0.39 is 10.0 Å². The van der Waals surface area contributed by atoms with Crippen LogP contribution in [-0.4, -0.2) is 36.5 Å². The molecule has 0 aliphatic heterocycles. The molecule has 1 fully saturated rings. The second-order valence-corrected chi connectivity index (χ2v) is 8.33. The van der Waals surface area contributed by atoms with Gasteiger partial charge in [0.15, 0.2) is 5.76 Å². The number of hydrogen-bond donors (Lipinski definition) is 2. The normalized spacial score (nSPS) is 14.5. The number of nitrogens with zero attached hydrogens (tertiary/aromatic N) is 2. The number of sulfonamides is 1. The van der Waals surface area contributed by atoms with Gasteiger partial charge in [0.25, 0.3) is 5.91 Å².